The maximum atomic E-state index is 9.81. The molecule has 1 saturated heterocycles. The summed E-state index contributed by atoms with van der Waals surface area (Å²) >= 11 is 0. The van der Waals surface area contributed by atoms with Crippen molar-refractivity contribution in [2.75, 3.05) is 19.6 Å². The predicted molar refractivity (Wildman–Crippen MR) is 78.5 cm³/mol. The van der Waals surface area contributed by atoms with E-state index < -0.39 is 0 Å². The van der Waals surface area contributed by atoms with Crippen molar-refractivity contribution < 1.29 is 5.11 Å². The first-order valence-corrected chi connectivity index (χ1v) is 7.80. The SMILES string of the molecule is Oc1cccc(C2(CN3CCCC3)CCCCC2)c1. The van der Waals surface area contributed by atoms with Crippen molar-refractivity contribution in [2.45, 2.75) is 50.4 Å². The van der Waals surface area contributed by atoms with E-state index in [4.69, 9.17) is 0 Å². The largest absolute Gasteiger partial charge is 0.508 e. The smallest absolute Gasteiger partial charge is 0.115 e. The number of phenols is 1. The van der Waals surface area contributed by atoms with Gasteiger partial charge in [0.05, 0.1) is 0 Å². The second kappa shape index (κ2) is 5.54. The second-order valence-corrected chi connectivity index (χ2v) is 6.37. The Bertz CT molecular complexity index is 417. The zero-order valence-electron chi connectivity index (χ0n) is 11.8. The zero-order valence-corrected chi connectivity index (χ0v) is 11.8. The maximum absolute atomic E-state index is 9.81. The Morgan fingerprint density at radius 3 is 2.42 bits per heavy atom. The highest BCUT2D eigenvalue weighted by Gasteiger charge is 2.36. The van der Waals surface area contributed by atoms with Gasteiger partial charge in [-0.3, -0.25) is 0 Å². The molecule has 1 aromatic rings. The number of phenolic OH excluding ortho intramolecular Hbond substituents is 1. The lowest BCUT2D eigenvalue weighted by Crippen LogP contribution is -2.41. The summed E-state index contributed by atoms with van der Waals surface area (Å²) in [4.78, 5) is 2.63. The Kier molecular flexibility index (Phi) is 3.79. The van der Waals surface area contributed by atoms with E-state index >= 15 is 0 Å². The molecule has 1 aliphatic carbocycles. The number of hydrogen-bond acceptors (Lipinski definition) is 2. The van der Waals surface area contributed by atoms with Gasteiger partial charge >= 0.3 is 0 Å². The van der Waals surface area contributed by atoms with E-state index in [2.05, 4.69) is 11.0 Å². The molecule has 1 N–H and O–H groups in total. The van der Waals surface area contributed by atoms with Crippen LogP contribution in [-0.2, 0) is 5.41 Å². The molecule has 2 aliphatic rings. The minimum absolute atomic E-state index is 0.293. The maximum Gasteiger partial charge on any atom is 0.115 e. The average Bonchev–Trinajstić information content (AvgIpc) is 2.92. The van der Waals surface area contributed by atoms with Gasteiger partial charge in [0.15, 0.2) is 0 Å². The lowest BCUT2D eigenvalue weighted by molar-refractivity contribution is 0.192. The van der Waals surface area contributed by atoms with Gasteiger partial charge in [-0.05, 0) is 56.5 Å². The summed E-state index contributed by atoms with van der Waals surface area (Å²) in [7, 11) is 0. The number of likely N-dealkylation sites (tertiary alicyclic amines) is 1. The van der Waals surface area contributed by atoms with Crippen LogP contribution in [0, 0.1) is 0 Å². The molecule has 2 nitrogen and oxygen atoms in total. The average molecular weight is 259 g/mol. The van der Waals surface area contributed by atoms with Gasteiger partial charge in [0, 0.05) is 12.0 Å². The molecule has 2 heteroatoms. The van der Waals surface area contributed by atoms with Crippen molar-refractivity contribution >= 4 is 0 Å². The molecule has 2 fully saturated rings. The van der Waals surface area contributed by atoms with E-state index in [1.165, 1.54) is 70.1 Å². The second-order valence-electron chi connectivity index (χ2n) is 6.37. The fourth-order valence-electron chi connectivity index (χ4n) is 3.97. The van der Waals surface area contributed by atoms with Gasteiger partial charge in [-0.15, -0.1) is 0 Å². The molecule has 1 aromatic carbocycles. The van der Waals surface area contributed by atoms with Crippen molar-refractivity contribution in [3.05, 3.63) is 29.8 Å². The van der Waals surface area contributed by atoms with Gasteiger partial charge in [-0.25, -0.2) is 0 Å². The van der Waals surface area contributed by atoms with Crippen LogP contribution in [-0.4, -0.2) is 29.6 Å². The Labute approximate surface area is 116 Å². The molecule has 104 valence electrons. The van der Waals surface area contributed by atoms with E-state index in [1.807, 2.05) is 12.1 Å². The molecule has 19 heavy (non-hydrogen) atoms. The van der Waals surface area contributed by atoms with Gasteiger partial charge < -0.3 is 10.0 Å². The summed E-state index contributed by atoms with van der Waals surface area (Å²) in [6.45, 7) is 3.72. The molecule has 0 atom stereocenters. The van der Waals surface area contributed by atoms with Crippen LogP contribution < -0.4 is 0 Å². The highest BCUT2D eigenvalue weighted by molar-refractivity contribution is 5.34. The van der Waals surface area contributed by atoms with E-state index in [0.29, 0.717) is 11.2 Å². The fourth-order valence-corrected chi connectivity index (χ4v) is 3.97. The van der Waals surface area contributed by atoms with Crippen LogP contribution in [0.1, 0.15) is 50.5 Å². The van der Waals surface area contributed by atoms with Crippen molar-refractivity contribution in [1.82, 2.24) is 4.90 Å². The minimum Gasteiger partial charge on any atom is -0.508 e. The van der Waals surface area contributed by atoms with Crippen LogP contribution in [0.2, 0.25) is 0 Å². The number of aromatic hydroxyl groups is 1. The number of hydrogen-bond donors (Lipinski definition) is 1. The third-order valence-electron chi connectivity index (χ3n) is 4.99. The van der Waals surface area contributed by atoms with Crippen molar-refractivity contribution in [3.8, 4) is 5.75 Å². The molecule has 1 aliphatic heterocycles. The standard InChI is InChI=1S/C17H25NO/c19-16-8-6-7-15(13-16)17(9-2-1-3-10-17)14-18-11-4-5-12-18/h6-8,13,19H,1-5,9-12,14H2. The summed E-state index contributed by atoms with van der Waals surface area (Å²) in [5, 5.41) is 9.81. The topological polar surface area (TPSA) is 23.5 Å². The number of benzene rings is 1. The molecule has 3 rings (SSSR count). The molecule has 0 radical (unpaired) electrons. The quantitative estimate of drug-likeness (QED) is 0.895. The molecule has 1 heterocycles. The first kappa shape index (κ1) is 13.0. The molecule has 0 bridgehead atoms. The normalized spacial score (nSPS) is 23.6. The van der Waals surface area contributed by atoms with Gasteiger partial charge in [0.1, 0.15) is 5.75 Å². The third kappa shape index (κ3) is 2.79. The molecule has 0 aromatic heterocycles. The van der Waals surface area contributed by atoms with Crippen molar-refractivity contribution in [1.29, 1.82) is 0 Å². The molecule has 0 amide bonds. The zero-order chi connectivity index (χ0) is 13.1. The Balaban J connectivity index is 1.86. The molecule has 0 spiro atoms. The van der Waals surface area contributed by atoms with E-state index in [1.54, 1.807) is 6.07 Å². The third-order valence-corrected chi connectivity index (χ3v) is 4.99. The van der Waals surface area contributed by atoms with Crippen molar-refractivity contribution in [2.24, 2.45) is 0 Å². The highest BCUT2D eigenvalue weighted by Crippen LogP contribution is 2.41. The van der Waals surface area contributed by atoms with Crippen LogP contribution in [0.4, 0.5) is 0 Å². The first-order chi connectivity index (χ1) is 9.28. The van der Waals surface area contributed by atoms with Crippen LogP contribution >= 0.6 is 0 Å². The van der Waals surface area contributed by atoms with Gasteiger partial charge in [-0.2, -0.15) is 0 Å². The van der Waals surface area contributed by atoms with Crippen molar-refractivity contribution in [3.63, 3.8) is 0 Å². The summed E-state index contributed by atoms with van der Waals surface area (Å²) in [6.07, 6.45) is 9.33. The summed E-state index contributed by atoms with van der Waals surface area (Å²) < 4.78 is 0. The number of nitrogens with zero attached hydrogens (tertiary/aromatic N) is 1. The lowest BCUT2D eigenvalue weighted by Gasteiger charge is -2.41. The monoisotopic (exact) mass is 259 g/mol. The predicted octanol–water partition coefficient (Wildman–Crippen LogP) is 3.69. The summed E-state index contributed by atoms with van der Waals surface area (Å²) in [5.74, 6) is 0.420. The van der Waals surface area contributed by atoms with E-state index in [-0.39, 0.29) is 0 Å². The summed E-state index contributed by atoms with van der Waals surface area (Å²) in [5.41, 5.74) is 1.65. The molecule has 1 saturated carbocycles. The number of rotatable bonds is 3. The Morgan fingerprint density at radius 2 is 1.74 bits per heavy atom. The molecule has 0 unspecified atom stereocenters. The lowest BCUT2D eigenvalue weighted by atomic mass is 9.69. The van der Waals surface area contributed by atoms with Crippen LogP contribution in [0.25, 0.3) is 0 Å². The van der Waals surface area contributed by atoms with Gasteiger partial charge in [-0.1, -0.05) is 31.4 Å². The Hall–Kier alpha value is -1.02. The first-order valence-electron chi connectivity index (χ1n) is 7.80. The fraction of sp³-hybridized carbons (Fsp3) is 0.647. The molecular formula is C17H25NO. The van der Waals surface area contributed by atoms with Crippen LogP contribution in [0.5, 0.6) is 5.75 Å². The minimum atomic E-state index is 0.293. The summed E-state index contributed by atoms with van der Waals surface area (Å²) in [6, 6.07) is 8.02. The van der Waals surface area contributed by atoms with Gasteiger partial charge in [0.25, 0.3) is 0 Å². The highest BCUT2D eigenvalue weighted by atomic mass is 16.3. The van der Waals surface area contributed by atoms with Crippen LogP contribution in [0.15, 0.2) is 24.3 Å². The molecular weight excluding hydrogens is 234 g/mol. The van der Waals surface area contributed by atoms with Crippen LogP contribution in [0.3, 0.4) is 0 Å². The Morgan fingerprint density at radius 1 is 1.00 bits per heavy atom. The van der Waals surface area contributed by atoms with E-state index in [9.17, 15) is 5.11 Å². The van der Waals surface area contributed by atoms with E-state index in [0.717, 1.165) is 0 Å². The van der Waals surface area contributed by atoms with Gasteiger partial charge in [0.2, 0.25) is 0 Å².